The Morgan fingerprint density at radius 2 is 2.00 bits per heavy atom. The first-order valence-electron chi connectivity index (χ1n) is 10.7. The van der Waals surface area contributed by atoms with Crippen LogP contribution in [0.3, 0.4) is 0 Å². The second-order valence-electron chi connectivity index (χ2n) is 7.33. The minimum absolute atomic E-state index is 0.0107. The number of nitrogens with zero attached hydrogens (tertiary/aromatic N) is 4. The number of hydrogen-bond donors (Lipinski definition) is 0. The summed E-state index contributed by atoms with van der Waals surface area (Å²) in [5.74, 6) is 0.131. The summed E-state index contributed by atoms with van der Waals surface area (Å²) in [5, 5.41) is 4.31. The number of pyridine rings is 1. The summed E-state index contributed by atoms with van der Waals surface area (Å²) < 4.78 is 20.6. The molecule has 1 fully saturated rings. The van der Waals surface area contributed by atoms with Crippen LogP contribution in [0.1, 0.15) is 47.3 Å². The molecule has 0 bridgehead atoms. The van der Waals surface area contributed by atoms with Crippen LogP contribution in [0, 0.1) is 19.7 Å². The van der Waals surface area contributed by atoms with Crippen molar-refractivity contribution >= 4 is 5.91 Å². The van der Waals surface area contributed by atoms with Gasteiger partial charge in [0.15, 0.2) is 5.82 Å². The Morgan fingerprint density at radius 1 is 1.19 bits per heavy atom. The zero-order chi connectivity index (χ0) is 22.4. The van der Waals surface area contributed by atoms with Gasteiger partial charge in [0.1, 0.15) is 12.0 Å². The van der Waals surface area contributed by atoms with Crippen LogP contribution < -0.4 is 0 Å². The third-order valence-corrected chi connectivity index (χ3v) is 5.08. The molecule has 31 heavy (non-hydrogen) atoms. The zero-order valence-corrected chi connectivity index (χ0v) is 18.5. The quantitative estimate of drug-likeness (QED) is 0.620. The maximum atomic E-state index is 13.2. The maximum absolute atomic E-state index is 13.2. The van der Waals surface area contributed by atoms with E-state index in [9.17, 15) is 9.18 Å². The number of aromatic nitrogens is 3. The number of carbonyl (C=O) groups is 1. The largest absolute Gasteiger partial charge is 0.358 e. The lowest BCUT2D eigenvalue weighted by Crippen LogP contribution is -2.47. The van der Waals surface area contributed by atoms with Crippen molar-refractivity contribution in [2.24, 2.45) is 0 Å². The molecule has 1 aromatic carbocycles. The predicted octanol–water partition coefficient (Wildman–Crippen LogP) is 4.48. The fourth-order valence-electron chi connectivity index (χ4n) is 3.51. The van der Waals surface area contributed by atoms with Crippen LogP contribution in [0.2, 0.25) is 0 Å². The molecule has 4 rings (SSSR count). The van der Waals surface area contributed by atoms with Gasteiger partial charge in [-0.2, -0.15) is 5.10 Å². The molecule has 1 aliphatic heterocycles. The van der Waals surface area contributed by atoms with E-state index >= 15 is 0 Å². The van der Waals surface area contributed by atoms with Crippen LogP contribution >= 0.6 is 0 Å². The van der Waals surface area contributed by atoms with Crippen molar-refractivity contribution in [2.75, 3.05) is 13.2 Å². The summed E-state index contributed by atoms with van der Waals surface area (Å²) in [7, 11) is 0. The van der Waals surface area contributed by atoms with E-state index in [0.29, 0.717) is 31.0 Å². The molecule has 0 radical (unpaired) electrons. The molecular weight excluding hydrogens is 395 g/mol. The number of aryl methyl sites for hydroxylation is 2. The molecular formula is C24H29FN4O2. The van der Waals surface area contributed by atoms with Gasteiger partial charge < -0.3 is 9.64 Å². The fraction of sp³-hybridized carbons (Fsp3) is 0.375. The normalized spacial score (nSPS) is 15.9. The van der Waals surface area contributed by atoms with Gasteiger partial charge in [-0.15, -0.1) is 0 Å². The monoisotopic (exact) mass is 424 g/mol. The van der Waals surface area contributed by atoms with E-state index in [1.54, 1.807) is 21.8 Å². The maximum Gasteiger partial charge on any atom is 0.256 e. The molecule has 3 heterocycles. The lowest BCUT2D eigenvalue weighted by atomic mass is 10.0. The molecule has 1 unspecified atom stereocenters. The van der Waals surface area contributed by atoms with Crippen LogP contribution in [0.15, 0.2) is 48.9 Å². The van der Waals surface area contributed by atoms with Crippen molar-refractivity contribution in [1.82, 2.24) is 19.7 Å². The number of rotatable bonds is 4. The summed E-state index contributed by atoms with van der Waals surface area (Å²) in [6.07, 6.45) is 5.70. The van der Waals surface area contributed by atoms with Crippen LogP contribution in [0.5, 0.6) is 0 Å². The zero-order valence-electron chi connectivity index (χ0n) is 18.5. The number of carbonyl (C=O) groups excluding carboxylic acids is 1. The topological polar surface area (TPSA) is 60.3 Å². The molecule has 0 spiro atoms. The number of hydrogen-bond acceptors (Lipinski definition) is 4. The lowest BCUT2D eigenvalue weighted by molar-refractivity contribution is -0.0761. The van der Waals surface area contributed by atoms with Crippen molar-refractivity contribution in [3.63, 3.8) is 0 Å². The first-order valence-corrected chi connectivity index (χ1v) is 10.7. The van der Waals surface area contributed by atoms with E-state index in [-0.39, 0.29) is 12.1 Å². The highest BCUT2D eigenvalue weighted by atomic mass is 19.1. The fourth-order valence-corrected chi connectivity index (χ4v) is 3.51. The molecule has 6 nitrogen and oxygen atoms in total. The van der Waals surface area contributed by atoms with Gasteiger partial charge in [0.05, 0.1) is 19.0 Å². The Labute approximate surface area is 182 Å². The summed E-state index contributed by atoms with van der Waals surface area (Å²) in [6, 6.07) is 8.83. The summed E-state index contributed by atoms with van der Waals surface area (Å²) in [6.45, 7) is 9.21. The third kappa shape index (κ3) is 5.35. The van der Waals surface area contributed by atoms with Gasteiger partial charge in [-0.1, -0.05) is 31.5 Å². The Hall–Kier alpha value is -3.06. The molecule has 1 aliphatic rings. The number of halogens is 1. The van der Waals surface area contributed by atoms with Gasteiger partial charge in [-0.25, -0.2) is 14.1 Å². The van der Waals surface area contributed by atoms with Crippen LogP contribution in [-0.4, -0.2) is 45.0 Å². The molecule has 1 saturated heterocycles. The van der Waals surface area contributed by atoms with Gasteiger partial charge >= 0.3 is 0 Å². The van der Waals surface area contributed by atoms with Gasteiger partial charge in [0, 0.05) is 24.7 Å². The molecule has 1 amide bonds. The van der Waals surface area contributed by atoms with Crippen molar-refractivity contribution in [3.8, 4) is 5.82 Å². The van der Waals surface area contributed by atoms with Crippen molar-refractivity contribution in [3.05, 3.63) is 77.0 Å². The van der Waals surface area contributed by atoms with E-state index in [4.69, 9.17) is 4.74 Å². The summed E-state index contributed by atoms with van der Waals surface area (Å²) in [5.41, 5.74) is 3.65. The average molecular weight is 425 g/mol. The summed E-state index contributed by atoms with van der Waals surface area (Å²) in [4.78, 5) is 19.1. The number of benzene rings is 1. The standard InChI is InChI=1S/C22H23FN4O2.C2H6/c1-15-4-5-16(2)19(10-15)22(28)26-8-3-9-29-21(26)11-17-12-25-27(14-17)20-7-6-18(23)13-24-20;1-2/h4-7,10,12-14,21H,3,8-9,11H2,1-2H3;1-2H3. The minimum Gasteiger partial charge on any atom is -0.358 e. The van der Waals surface area contributed by atoms with E-state index in [0.717, 1.165) is 29.3 Å². The highest BCUT2D eigenvalue weighted by molar-refractivity contribution is 5.96. The third-order valence-electron chi connectivity index (χ3n) is 5.08. The van der Waals surface area contributed by atoms with Crippen molar-refractivity contribution in [1.29, 1.82) is 0 Å². The van der Waals surface area contributed by atoms with Crippen LogP contribution in [0.25, 0.3) is 5.82 Å². The van der Waals surface area contributed by atoms with Crippen LogP contribution in [-0.2, 0) is 11.2 Å². The molecule has 7 heteroatoms. The second kappa shape index (κ2) is 10.3. The van der Waals surface area contributed by atoms with Gasteiger partial charge in [0.25, 0.3) is 5.91 Å². The molecule has 3 aromatic rings. The second-order valence-corrected chi connectivity index (χ2v) is 7.33. The van der Waals surface area contributed by atoms with E-state index < -0.39 is 5.82 Å². The Morgan fingerprint density at radius 3 is 2.74 bits per heavy atom. The highest BCUT2D eigenvalue weighted by Crippen LogP contribution is 2.21. The lowest BCUT2D eigenvalue weighted by Gasteiger charge is -2.36. The average Bonchev–Trinajstić information content (AvgIpc) is 3.26. The molecule has 0 N–H and O–H groups in total. The Kier molecular flexibility index (Phi) is 7.52. The molecule has 0 saturated carbocycles. The van der Waals surface area contributed by atoms with E-state index in [1.165, 1.54) is 6.07 Å². The summed E-state index contributed by atoms with van der Waals surface area (Å²) >= 11 is 0. The van der Waals surface area contributed by atoms with E-state index in [2.05, 4.69) is 10.1 Å². The number of ether oxygens (including phenoxy) is 1. The molecule has 0 aliphatic carbocycles. The Bertz CT molecular complexity index is 1020. The molecule has 2 aromatic heterocycles. The minimum atomic E-state index is -0.391. The van der Waals surface area contributed by atoms with Crippen LogP contribution in [0.4, 0.5) is 4.39 Å². The highest BCUT2D eigenvalue weighted by Gasteiger charge is 2.29. The first-order chi connectivity index (χ1) is 15.0. The smallest absolute Gasteiger partial charge is 0.256 e. The molecule has 1 atom stereocenters. The van der Waals surface area contributed by atoms with Gasteiger partial charge in [0.2, 0.25) is 0 Å². The number of amides is 1. The van der Waals surface area contributed by atoms with Gasteiger partial charge in [-0.05, 0) is 49.6 Å². The van der Waals surface area contributed by atoms with Gasteiger partial charge in [-0.3, -0.25) is 4.79 Å². The van der Waals surface area contributed by atoms with E-state index in [1.807, 2.05) is 52.1 Å². The molecule has 164 valence electrons. The predicted molar refractivity (Wildman–Crippen MR) is 118 cm³/mol. The Balaban J connectivity index is 0.00000132. The SMILES string of the molecule is CC.Cc1ccc(C)c(C(=O)N2CCCOC2Cc2cnn(-c3ccc(F)cn3)c2)c1. The first kappa shape index (κ1) is 22.6. The van der Waals surface area contributed by atoms with Crippen molar-refractivity contribution < 1.29 is 13.9 Å². The van der Waals surface area contributed by atoms with Crippen molar-refractivity contribution in [2.45, 2.75) is 46.8 Å².